The highest BCUT2D eigenvalue weighted by atomic mass is 16.4. The summed E-state index contributed by atoms with van der Waals surface area (Å²) >= 11 is 0. The first-order valence-electron chi connectivity index (χ1n) is 11.2. The number of aromatic amines is 1. The Kier molecular flexibility index (Phi) is 5.59. The van der Waals surface area contributed by atoms with Gasteiger partial charge < -0.3 is 20.0 Å². The van der Waals surface area contributed by atoms with Crippen molar-refractivity contribution in [3.8, 4) is 22.7 Å². The Labute approximate surface area is 201 Å². The van der Waals surface area contributed by atoms with Crippen LogP contribution in [0, 0.1) is 0 Å². The predicted octanol–water partition coefficient (Wildman–Crippen LogP) is 3.55. The van der Waals surface area contributed by atoms with Crippen LogP contribution in [-0.2, 0) is 0 Å². The summed E-state index contributed by atoms with van der Waals surface area (Å²) < 4.78 is 7.49. The van der Waals surface area contributed by atoms with Crippen LogP contribution in [0.3, 0.4) is 0 Å². The van der Waals surface area contributed by atoms with Crippen LogP contribution in [0.25, 0.3) is 22.7 Å². The molecule has 0 spiro atoms. The topological polar surface area (TPSA) is 134 Å². The zero-order chi connectivity index (χ0) is 24.6. The van der Waals surface area contributed by atoms with E-state index in [1.165, 1.54) is 0 Å². The molecule has 0 aliphatic carbocycles. The molecule has 1 fully saturated rings. The monoisotopic (exact) mass is 474 g/mol. The minimum absolute atomic E-state index is 0.00913. The first kappa shape index (κ1) is 22.4. The minimum atomic E-state index is -0.406. The summed E-state index contributed by atoms with van der Waals surface area (Å²) in [5.74, 6) is 0.290. The quantitative estimate of drug-likeness (QED) is 0.405. The average molecular weight is 475 g/mol. The fraction of sp³-hybridized carbons (Fsp3) is 0.292. The van der Waals surface area contributed by atoms with Crippen molar-refractivity contribution < 1.29 is 14.0 Å². The molecule has 35 heavy (non-hydrogen) atoms. The molecule has 0 aromatic carbocycles. The fourth-order valence-corrected chi connectivity index (χ4v) is 3.74. The van der Waals surface area contributed by atoms with Crippen molar-refractivity contribution in [3.05, 3.63) is 60.9 Å². The van der Waals surface area contributed by atoms with Gasteiger partial charge in [0.15, 0.2) is 5.76 Å². The second-order valence-corrected chi connectivity index (χ2v) is 9.43. The smallest absolute Gasteiger partial charge is 0.317 e. The molecule has 5 rings (SSSR count). The van der Waals surface area contributed by atoms with E-state index in [4.69, 9.17) is 9.52 Å². The van der Waals surface area contributed by atoms with Gasteiger partial charge in [0, 0.05) is 37.2 Å². The van der Waals surface area contributed by atoms with E-state index in [1.807, 2.05) is 39.0 Å². The number of hydrogen-bond acceptors (Lipinski definition) is 6. The minimum Gasteiger partial charge on any atom is -0.451 e. The molecule has 4 aromatic heterocycles. The number of amides is 3. The summed E-state index contributed by atoms with van der Waals surface area (Å²) in [6, 6.07) is 8.72. The lowest BCUT2D eigenvalue weighted by Gasteiger charge is -2.40. The molecule has 1 aliphatic heterocycles. The van der Waals surface area contributed by atoms with Crippen LogP contribution in [0.5, 0.6) is 0 Å². The number of furan rings is 1. The maximum absolute atomic E-state index is 13.0. The number of carbonyl (C=O) groups excluding carboxylic acids is 2. The molecule has 5 heterocycles. The lowest BCUT2D eigenvalue weighted by Crippen LogP contribution is -2.57. The number of anilines is 1. The molecule has 0 atom stereocenters. The number of pyridine rings is 1. The van der Waals surface area contributed by atoms with Crippen LogP contribution < -0.4 is 10.6 Å². The van der Waals surface area contributed by atoms with Crippen molar-refractivity contribution in [2.24, 2.45) is 0 Å². The third-order valence-electron chi connectivity index (χ3n) is 5.51. The lowest BCUT2D eigenvalue weighted by molar-refractivity contribution is 0.0997. The van der Waals surface area contributed by atoms with Crippen molar-refractivity contribution in [1.82, 2.24) is 35.2 Å². The fourth-order valence-electron chi connectivity index (χ4n) is 3.74. The van der Waals surface area contributed by atoms with Crippen LogP contribution in [-0.4, -0.2) is 60.4 Å². The number of aromatic nitrogens is 5. The van der Waals surface area contributed by atoms with Gasteiger partial charge >= 0.3 is 6.03 Å². The van der Waals surface area contributed by atoms with E-state index in [0.717, 1.165) is 5.56 Å². The van der Waals surface area contributed by atoms with Crippen LogP contribution in [0.4, 0.5) is 10.5 Å². The van der Waals surface area contributed by atoms with Crippen LogP contribution in [0.15, 0.2) is 59.5 Å². The Bertz CT molecular complexity index is 1330. The van der Waals surface area contributed by atoms with E-state index in [9.17, 15) is 9.59 Å². The van der Waals surface area contributed by atoms with Crippen molar-refractivity contribution >= 4 is 17.6 Å². The second-order valence-electron chi connectivity index (χ2n) is 9.43. The van der Waals surface area contributed by atoms with Gasteiger partial charge in [-0.2, -0.15) is 10.2 Å². The Morgan fingerprint density at radius 3 is 2.69 bits per heavy atom. The maximum atomic E-state index is 13.0. The van der Waals surface area contributed by atoms with Crippen molar-refractivity contribution in [2.75, 3.05) is 18.4 Å². The van der Waals surface area contributed by atoms with E-state index in [2.05, 4.69) is 25.8 Å². The molecule has 0 unspecified atom stereocenters. The van der Waals surface area contributed by atoms with E-state index in [0.29, 0.717) is 35.9 Å². The van der Waals surface area contributed by atoms with Gasteiger partial charge in [-0.15, -0.1) is 0 Å². The molecular weight excluding hydrogens is 448 g/mol. The number of carbonyl (C=O) groups is 2. The molecule has 4 aromatic rings. The van der Waals surface area contributed by atoms with Gasteiger partial charge in [-0.1, -0.05) is 6.07 Å². The van der Waals surface area contributed by atoms with Gasteiger partial charge in [-0.25, -0.2) is 4.79 Å². The number of likely N-dealkylation sites (tertiary alicyclic amines) is 1. The number of nitrogens with zero attached hydrogens (tertiary/aromatic N) is 5. The molecule has 3 amide bonds. The van der Waals surface area contributed by atoms with Crippen LogP contribution >= 0.6 is 0 Å². The first-order chi connectivity index (χ1) is 16.8. The molecule has 11 nitrogen and oxygen atoms in total. The molecule has 0 radical (unpaired) electrons. The standard InChI is InChI=1S/C24H26N8O3/c1-24(2,3)29-23(34)31-12-16(13-31)32-14-18(21(30-32)17-6-4-5-9-25-17)28-22(33)20-8-7-19(35-20)15-10-26-27-11-15/h4-11,14,16H,12-13H2,1-3H3,(H,26,27)(H,28,33)(H,29,34). The van der Waals surface area contributed by atoms with Gasteiger partial charge in [0.1, 0.15) is 11.5 Å². The number of nitrogens with one attached hydrogen (secondary N) is 3. The summed E-state index contributed by atoms with van der Waals surface area (Å²) in [5, 5.41) is 17.2. The molecule has 0 bridgehead atoms. The Balaban J connectivity index is 1.35. The Morgan fingerprint density at radius 2 is 2.00 bits per heavy atom. The molecule has 1 saturated heterocycles. The summed E-state index contributed by atoms with van der Waals surface area (Å²) in [4.78, 5) is 31.5. The van der Waals surface area contributed by atoms with Crippen molar-refractivity contribution in [3.63, 3.8) is 0 Å². The summed E-state index contributed by atoms with van der Waals surface area (Å²) in [5.41, 5.74) is 2.12. The largest absolute Gasteiger partial charge is 0.451 e. The van der Waals surface area contributed by atoms with E-state index in [1.54, 1.807) is 46.5 Å². The normalized spacial score (nSPS) is 14.0. The van der Waals surface area contributed by atoms with Gasteiger partial charge in [-0.3, -0.25) is 19.6 Å². The average Bonchev–Trinajstić information content (AvgIpc) is 3.53. The molecule has 11 heteroatoms. The maximum Gasteiger partial charge on any atom is 0.317 e. The highest BCUT2D eigenvalue weighted by molar-refractivity contribution is 6.04. The number of hydrogen-bond donors (Lipinski definition) is 3. The number of urea groups is 1. The Morgan fingerprint density at radius 1 is 1.17 bits per heavy atom. The van der Waals surface area contributed by atoms with Crippen molar-refractivity contribution in [2.45, 2.75) is 32.4 Å². The molecule has 180 valence electrons. The first-order valence-corrected chi connectivity index (χ1v) is 11.2. The lowest BCUT2D eigenvalue weighted by atomic mass is 10.1. The van der Waals surface area contributed by atoms with Gasteiger partial charge in [0.05, 0.1) is 29.2 Å². The predicted molar refractivity (Wildman–Crippen MR) is 129 cm³/mol. The molecule has 3 N–H and O–H groups in total. The molecular formula is C24H26N8O3. The third-order valence-corrected chi connectivity index (χ3v) is 5.51. The molecule has 0 saturated carbocycles. The van der Waals surface area contributed by atoms with Gasteiger partial charge in [0.25, 0.3) is 5.91 Å². The van der Waals surface area contributed by atoms with Gasteiger partial charge in [0.2, 0.25) is 0 Å². The Hall–Kier alpha value is -4.41. The summed E-state index contributed by atoms with van der Waals surface area (Å²) in [7, 11) is 0. The van der Waals surface area contributed by atoms with E-state index in [-0.39, 0.29) is 23.4 Å². The van der Waals surface area contributed by atoms with E-state index >= 15 is 0 Å². The highest BCUT2D eigenvalue weighted by Crippen LogP contribution is 2.30. The number of H-pyrrole nitrogens is 1. The van der Waals surface area contributed by atoms with Gasteiger partial charge in [-0.05, 0) is 45.0 Å². The van der Waals surface area contributed by atoms with Crippen LogP contribution in [0.2, 0.25) is 0 Å². The number of rotatable bonds is 5. The molecule has 1 aliphatic rings. The van der Waals surface area contributed by atoms with E-state index < -0.39 is 5.91 Å². The second kappa shape index (κ2) is 8.75. The summed E-state index contributed by atoms with van der Waals surface area (Å²) in [6.45, 7) is 6.87. The SMILES string of the molecule is CC(C)(C)NC(=O)N1CC(n2cc(NC(=O)c3ccc(-c4cn[nH]c4)o3)c(-c3ccccn3)n2)C1. The zero-order valence-electron chi connectivity index (χ0n) is 19.6. The van der Waals surface area contributed by atoms with Crippen molar-refractivity contribution in [1.29, 1.82) is 0 Å². The summed E-state index contributed by atoms with van der Waals surface area (Å²) in [6.07, 6.45) is 6.75. The third kappa shape index (κ3) is 4.79. The zero-order valence-corrected chi connectivity index (χ0v) is 19.6. The highest BCUT2D eigenvalue weighted by Gasteiger charge is 2.34. The van der Waals surface area contributed by atoms with Crippen LogP contribution in [0.1, 0.15) is 37.4 Å².